The van der Waals surface area contributed by atoms with Crippen molar-refractivity contribution in [3.05, 3.63) is 23.8 Å². The SMILES string of the molecule is COc1cccc(OC)c1C(=O)C1(N(C)C)CCCC1. The van der Waals surface area contributed by atoms with Crippen molar-refractivity contribution < 1.29 is 14.3 Å². The number of rotatable bonds is 5. The molecule has 0 radical (unpaired) electrons. The van der Waals surface area contributed by atoms with Crippen LogP contribution in [0.3, 0.4) is 0 Å². The van der Waals surface area contributed by atoms with Gasteiger partial charge in [0.05, 0.1) is 19.8 Å². The Morgan fingerprint density at radius 1 is 1.10 bits per heavy atom. The molecule has 1 aromatic rings. The molecule has 1 fully saturated rings. The van der Waals surface area contributed by atoms with Crippen LogP contribution in [0.1, 0.15) is 36.0 Å². The average Bonchev–Trinajstić information content (AvgIpc) is 2.96. The first-order chi connectivity index (χ1) is 9.56. The minimum Gasteiger partial charge on any atom is -0.496 e. The maximum atomic E-state index is 13.2. The largest absolute Gasteiger partial charge is 0.496 e. The van der Waals surface area contributed by atoms with E-state index in [9.17, 15) is 4.79 Å². The molecule has 110 valence electrons. The molecule has 4 heteroatoms. The van der Waals surface area contributed by atoms with Crippen LogP contribution in [0.25, 0.3) is 0 Å². The number of nitrogens with zero attached hydrogens (tertiary/aromatic N) is 1. The summed E-state index contributed by atoms with van der Waals surface area (Å²) in [5.41, 5.74) is 0.134. The fraction of sp³-hybridized carbons (Fsp3) is 0.562. The molecule has 0 N–H and O–H groups in total. The third-order valence-electron chi connectivity index (χ3n) is 4.36. The van der Waals surface area contributed by atoms with Crippen molar-refractivity contribution >= 4 is 5.78 Å². The average molecular weight is 277 g/mol. The summed E-state index contributed by atoms with van der Waals surface area (Å²) in [6.45, 7) is 0. The van der Waals surface area contributed by atoms with Gasteiger partial charge in [-0.3, -0.25) is 9.69 Å². The molecule has 0 unspecified atom stereocenters. The van der Waals surface area contributed by atoms with Crippen LogP contribution in [0.4, 0.5) is 0 Å². The number of hydrogen-bond acceptors (Lipinski definition) is 4. The Labute approximate surface area is 120 Å². The first kappa shape index (κ1) is 14.9. The van der Waals surface area contributed by atoms with Gasteiger partial charge < -0.3 is 9.47 Å². The summed E-state index contributed by atoms with van der Waals surface area (Å²) in [7, 11) is 7.13. The lowest BCUT2D eigenvalue weighted by Gasteiger charge is -2.35. The van der Waals surface area contributed by atoms with Crippen LogP contribution in [-0.2, 0) is 0 Å². The second-order valence-electron chi connectivity index (χ2n) is 5.50. The molecule has 0 aliphatic heterocycles. The standard InChI is InChI=1S/C16H23NO3/c1-17(2)16(10-5-6-11-16)15(18)14-12(19-3)8-7-9-13(14)20-4/h7-9H,5-6,10-11H2,1-4H3. The summed E-state index contributed by atoms with van der Waals surface area (Å²) >= 11 is 0. The quantitative estimate of drug-likeness (QED) is 0.776. The predicted octanol–water partition coefficient (Wildman–Crippen LogP) is 2.76. The van der Waals surface area contributed by atoms with Crippen LogP contribution in [0.15, 0.2) is 18.2 Å². The Balaban J connectivity index is 2.52. The predicted molar refractivity (Wildman–Crippen MR) is 78.8 cm³/mol. The van der Waals surface area contributed by atoms with Crippen LogP contribution in [-0.4, -0.2) is 44.5 Å². The van der Waals surface area contributed by atoms with E-state index in [0.717, 1.165) is 25.7 Å². The molecule has 1 saturated carbocycles. The second-order valence-corrected chi connectivity index (χ2v) is 5.50. The number of Topliss-reactive ketones (excluding diaryl/α,β-unsaturated/α-hetero) is 1. The fourth-order valence-corrected chi connectivity index (χ4v) is 3.14. The molecular formula is C16H23NO3. The zero-order valence-corrected chi connectivity index (χ0v) is 12.7. The summed E-state index contributed by atoms with van der Waals surface area (Å²) in [5, 5.41) is 0. The van der Waals surface area contributed by atoms with E-state index < -0.39 is 5.54 Å². The molecule has 2 rings (SSSR count). The van der Waals surface area contributed by atoms with Crippen LogP contribution >= 0.6 is 0 Å². The molecule has 1 aliphatic rings. The lowest BCUT2D eigenvalue weighted by atomic mass is 9.85. The van der Waals surface area contributed by atoms with Gasteiger partial charge in [-0.1, -0.05) is 18.9 Å². The lowest BCUT2D eigenvalue weighted by molar-refractivity contribution is 0.0686. The molecule has 20 heavy (non-hydrogen) atoms. The van der Waals surface area contributed by atoms with Crippen LogP contribution in [0.2, 0.25) is 0 Å². The Morgan fingerprint density at radius 2 is 1.60 bits per heavy atom. The number of ketones is 1. The number of methoxy groups -OCH3 is 2. The van der Waals surface area contributed by atoms with Gasteiger partial charge in [-0.25, -0.2) is 0 Å². The van der Waals surface area contributed by atoms with E-state index in [4.69, 9.17) is 9.47 Å². The highest BCUT2D eigenvalue weighted by Crippen LogP contribution is 2.41. The van der Waals surface area contributed by atoms with E-state index >= 15 is 0 Å². The zero-order chi connectivity index (χ0) is 14.8. The molecule has 0 spiro atoms. The summed E-state index contributed by atoms with van der Waals surface area (Å²) < 4.78 is 10.7. The van der Waals surface area contributed by atoms with Crippen LogP contribution in [0.5, 0.6) is 11.5 Å². The van der Waals surface area contributed by atoms with E-state index in [2.05, 4.69) is 0 Å². The van der Waals surface area contributed by atoms with Crippen molar-refractivity contribution in [1.29, 1.82) is 0 Å². The lowest BCUT2D eigenvalue weighted by Crippen LogP contribution is -2.49. The van der Waals surface area contributed by atoms with Gasteiger partial charge in [0, 0.05) is 0 Å². The molecular weight excluding hydrogens is 254 g/mol. The van der Waals surface area contributed by atoms with Crippen LogP contribution in [0, 0.1) is 0 Å². The highest BCUT2D eigenvalue weighted by atomic mass is 16.5. The summed E-state index contributed by atoms with van der Waals surface area (Å²) in [5.74, 6) is 1.28. The number of likely N-dealkylation sites (N-methyl/N-ethyl adjacent to an activating group) is 1. The minimum atomic E-state index is -0.429. The number of carbonyl (C=O) groups is 1. The van der Waals surface area contributed by atoms with Gasteiger partial charge >= 0.3 is 0 Å². The molecule has 0 bridgehead atoms. The number of ether oxygens (including phenoxy) is 2. The van der Waals surface area contributed by atoms with Gasteiger partial charge in [0.1, 0.15) is 17.1 Å². The third kappa shape index (κ3) is 2.29. The topological polar surface area (TPSA) is 38.8 Å². The summed E-state index contributed by atoms with van der Waals surface area (Å²) in [6, 6.07) is 5.47. The smallest absolute Gasteiger partial charge is 0.190 e. The normalized spacial score (nSPS) is 17.2. The fourth-order valence-electron chi connectivity index (χ4n) is 3.14. The molecule has 0 aromatic heterocycles. The minimum absolute atomic E-state index is 0.106. The van der Waals surface area contributed by atoms with Crippen molar-refractivity contribution in [3.8, 4) is 11.5 Å². The molecule has 4 nitrogen and oxygen atoms in total. The maximum Gasteiger partial charge on any atom is 0.190 e. The van der Waals surface area contributed by atoms with Gasteiger partial charge in [0.15, 0.2) is 5.78 Å². The molecule has 0 amide bonds. The number of carbonyl (C=O) groups excluding carboxylic acids is 1. The van der Waals surface area contributed by atoms with Crippen molar-refractivity contribution in [3.63, 3.8) is 0 Å². The highest BCUT2D eigenvalue weighted by molar-refractivity contribution is 6.07. The van der Waals surface area contributed by atoms with E-state index in [1.807, 2.05) is 37.2 Å². The molecule has 1 aliphatic carbocycles. The Kier molecular flexibility index (Phi) is 4.33. The zero-order valence-electron chi connectivity index (χ0n) is 12.7. The number of benzene rings is 1. The van der Waals surface area contributed by atoms with E-state index in [1.165, 1.54) is 0 Å². The van der Waals surface area contributed by atoms with Gasteiger partial charge in [-0.2, -0.15) is 0 Å². The Hall–Kier alpha value is -1.55. The van der Waals surface area contributed by atoms with Crippen LogP contribution < -0.4 is 9.47 Å². The highest BCUT2D eigenvalue weighted by Gasteiger charge is 2.45. The van der Waals surface area contributed by atoms with Gasteiger partial charge in [-0.15, -0.1) is 0 Å². The van der Waals surface area contributed by atoms with Crippen molar-refractivity contribution in [2.75, 3.05) is 28.3 Å². The Morgan fingerprint density at radius 3 is 2.00 bits per heavy atom. The second kappa shape index (κ2) is 5.83. The van der Waals surface area contributed by atoms with Gasteiger partial charge in [0.25, 0.3) is 0 Å². The Bertz CT molecular complexity index is 468. The summed E-state index contributed by atoms with van der Waals surface area (Å²) in [6.07, 6.45) is 3.95. The summed E-state index contributed by atoms with van der Waals surface area (Å²) in [4.78, 5) is 15.2. The first-order valence-corrected chi connectivity index (χ1v) is 7.00. The molecule has 0 saturated heterocycles. The molecule has 0 atom stereocenters. The van der Waals surface area contributed by atoms with Gasteiger partial charge in [0.2, 0.25) is 0 Å². The molecule has 1 aromatic carbocycles. The van der Waals surface area contributed by atoms with E-state index in [1.54, 1.807) is 14.2 Å². The van der Waals surface area contributed by atoms with E-state index in [0.29, 0.717) is 17.1 Å². The first-order valence-electron chi connectivity index (χ1n) is 7.00. The van der Waals surface area contributed by atoms with Crippen molar-refractivity contribution in [1.82, 2.24) is 4.90 Å². The molecule has 0 heterocycles. The van der Waals surface area contributed by atoms with Crippen molar-refractivity contribution in [2.24, 2.45) is 0 Å². The van der Waals surface area contributed by atoms with Crippen molar-refractivity contribution in [2.45, 2.75) is 31.2 Å². The van der Waals surface area contributed by atoms with Gasteiger partial charge in [-0.05, 0) is 39.1 Å². The number of hydrogen-bond donors (Lipinski definition) is 0. The third-order valence-corrected chi connectivity index (χ3v) is 4.36. The van der Waals surface area contributed by atoms with E-state index in [-0.39, 0.29) is 5.78 Å². The monoisotopic (exact) mass is 277 g/mol. The maximum absolute atomic E-state index is 13.2.